The Morgan fingerprint density at radius 1 is 1.18 bits per heavy atom. The van der Waals surface area contributed by atoms with E-state index in [2.05, 4.69) is 34.0 Å². The van der Waals surface area contributed by atoms with Gasteiger partial charge in [0.25, 0.3) is 5.91 Å². The number of hydrogen-bond acceptors (Lipinski definition) is 4. The second-order valence-corrected chi connectivity index (χ2v) is 7.70. The number of rotatable bonds is 3. The summed E-state index contributed by atoms with van der Waals surface area (Å²) >= 11 is 0. The standard InChI is InChI=1S/C22H27N5O/c1-14-12-20-18(16(3)27(25-20)17-8-10-23-11-9-17)13-21(14)26(4)22(28)19-7-5-6-15(2)24-19/h5-7,12-13,17,23H,8-11H2,1-4H3. The molecule has 0 unspecified atom stereocenters. The lowest BCUT2D eigenvalue weighted by Gasteiger charge is -2.24. The Labute approximate surface area is 165 Å². The van der Waals surface area contributed by atoms with Crippen molar-refractivity contribution in [3.8, 4) is 0 Å². The molecule has 0 saturated carbocycles. The Morgan fingerprint density at radius 3 is 2.64 bits per heavy atom. The van der Waals surface area contributed by atoms with E-state index in [4.69, 9.17) is 5.10 Å². The monoisotopic (exact) mass is 377 g/mol. The summed E-state index contributed by atoms with van der Waals surface area (Å²) in [6, 6.07) is 10.1. The minimum atomic E-state index is -0.102. The Balaban J connectivity index is 1.72. The number of hydrogen-bond donors (Lipinski definition) is 1. The van der Waals surface area contributed by atoms with Crippen molar-refractivity contribution in [2.24, 2.45) is 0 Å². The van der Waals surface area contributed by atoms with Crippen LogP contribution in [0.4, 0.5) is 5.69 Å². The molecule has 1 aliphatic rings. The van der Waals surface area contributed by atoms with Gasteiger partial charge in [-0.15, -0.1) is 0 Å². The smallest absolute Gasteiger partial charge is 0.276 e. The normalized spacial score (nSPS) is 15.1. The molecule has 0 atom stereocenters. The molecule has 6 heteroatoms. The predicted molar refractivity (Wildman–Crippen MR) is 112 cm³/mol. The van der Waals surface area contributed by atoms with Gasteiger partial charge < -0.3 is 10.2 Å². The molecule has 4 rings (SSSR count). The Hall–Kier alpha value is -2.73. The largest absolute Gasteiger partial charge is 0.317 e. The van der Waals surface area contributed by atoms with Crippen molar-refractivity contribution in [2.75, 3.05) is 25.0 Å². The zero-order valence-electron chi connectivity index (χ0n) is 17.0. The molecule has 6 nitrogen and oxygen atoms in total. The van der Waals surface area contributed by atoms with Crippen molar-refractivity contribution >= 4 is 22.5 Å². The predicted octanol–water partition coefficient (Wildman–Crippen LogP) is 3.56. The van der Waals surface area contributed by atoms with E-state index in [1.54, 1.807) is 11.0 Å². The van der Waals surface area contributed by atoms with Crippen molar-refractivity contribution in [2.45, 2.75) is 39.7 Å². The number of nitrogens with zero attached hydrogens (tertiary/aromatic N) is 4. The van der Waals surface area contributed by atoms with Gasteiger partial charge >= 0.3 is 0 Å². The molecule has 3 aromatic rings. The van der Waals surface area contributed by atoms with Crippen LogP contribution in [0.25, 0.3) is 10.9 Å². The molecule has 28 heavy (non-hydrogen) atoms. The fraction of sp³-hybridized carbons (Fsp3) is 0.409. The number of aromatic nitrogens is 3. The van der Waals surface area contributed by atoms with Gasteiger partial charge in [-0.3, -0.25) is 9.48 Å². The number of fused-ring (bicyclic) bond motifs is 1. The number of piperidine rings is 1. The Morgan fingerprint density at radius 2 is 1.93 bits per heavy atom. The number of nitrogens with one attached hydrogen (secondary N) is 1. The Bertz CT molecular complexity index is 1030. The lowest BCUT2D eigenvalue weighted by molar-refractivity contribution is 0.0988. The molecule has 1 fully saturated rings. The van der Waals surface area contributed by atoms with Crippen molar-refractivity contribution < 1.29 is 4.79 Å². The molecule has 2 aromatic heterocycles. The molecule has 1 amide bonds. The summed E-state index contributed by atoms with van der Waals surface area (Å²) in [4.78, 5) is 19.0. The molecule has 1 aromatic carbocycles. The first-order chi connectivity index (χ1) is 13.5. The fourth-order valence-electron chi connectivity index (χ4n) is 4.08. The fourth-order valence-corrected chi connectivity index (χ4v) is 4.08. The summed E-state index contributed by atoms with van der Waals surface area (Å²) in [5, 5.41) is 9.40. The van der Waals surface area contributed by atoms with Gasteiger partial charge in [0.15, 0.2) is 0 Å². The van der Waals surface area contributed by atoms with E-state index in [-0.39, 0.29) is 5.91 Å². The van der Waals surface area contributed by atoms with E-state index in [9.17, 15) is 4.79 Å². The summed E-state index contributed by atoms with van der Waals surface area (Å²) in [6.45, 7) is 8.12. The molecule has 0 spiro atoms. The van der Waals surface area contributed by atoms with Crippen molar-refractivity contribution in [1.82, 2.24) is 20.1 Å². The number of anilines is 1. The van der Waals surface area contributed by atoms with Gasteiger partial charge in [-0.05, 0) is 76.5 Å². The van der Waals surface area contributed by atoms with Crippen LogP contribution in [0.3, 0.4) is 0 Å². The van der Waals surface area contributed by atoms with E-state index >= 15 is 0 Å². The minimum absolute atomic E-state index is 0.102. The van der Waals surface area contributed by atoms with Gasteiger partial charge in [0.1, 0.15) is 5.69 Å². The number of benzene rings is 1. The van der Waals surface area contributed by atoms with Crippen LogP contribution < -0.4 is 10.2 Å². The summed E-state index contributed by atoms with van der Waals surface area (Å²) < 4.78 is 2.18. The minimum Gasteiger partial charge on any atom is -0.317 e. The van der Waals surface area contributed by atoms with Crippen LogP contribution >= 0.6 is 0 Å². The summed E-state index contributed by atoms with van der Waals surface area (Å²) in [6.07, 6.45) is 2.19. The molecular weight excluding hydrogens is 350 g/mol. The number of carbonyl (C=O) groups is 1. The molecule has 1 N–H and O–H groups in total. The zero-order chi connectivity index (χ0) is 19.8. The van der Waals surface area contributed by atoms with E-state index < -0.39 is 0 Å². The van der Waals surface area contributed by atoms with Crippen molar-refractivity contribution in [3.05, 3.63) is 53.0 Å². The molecule has 1 aliphatic heterocycles. The van der Waals surface area contributed by atoms with Gasteiger partial charge in [0.2, 0.25) is 0 Å². The molecular formula is C22H27N5O. The average Bonchev–Trinajstić information content (AvgIpc) is 3.02. The first-order valence-corrected chi connectivity index (χ1v) is 9.87. The van der Waals surface area contributed by atoms with Crippen LogP contribution in [0.15, 0.2) is 30.3 Å². The molecule has 0 radical (unpaired) electrons. The van der Waals surface area contributed by atoms with E-state index in [1.807, 2.05) is 33.0 Å². The topological polar surface area (TPSA) is 63.1 Å². The lowest BCUT2D eigenvalue weighted by atomic mass is 10.1. The third-order valence-electron chi connectivity index (χ3n) is 5.69. The highest BCUT2D eigenvalue weighted by Gasteiger charge is 2.22. The second-order valence-electron chi connectivity index (χ2n) is 7.70. The van der Waals surface area contributed by atoms with Crippen LogP contribution in [0, 0.1) is 20.8 Å². The molecule has 146 valence electrons. The maximum absolute atomic E-state index is 13.0. The van der Waals surface area contributed by atoms with Crippen LogP contribution in [0.5, 0.6) is 0 Å². The maximum atomic E-state index is 13.0. The first-order valence-electron chi connectivity index (χ1n) is 9.87. The summed E-state index contributed by atoms with van der Waals surface area (Å²) in [7, 11) is 1.81. The van der Waals surface area contributed by atoms with Gasteiger partial charge in [0, 0.05) is 29.5 Å². The Kier molecular flexibility index (Phi) is 4.89. The van der Waals surface area contributed by atoms with Gasteiger partial charge in [-0.25, -0.2) is 4.98 Å². The van der Waals surface area contributed by atoms with Crippen LogP contribution in [0.2, 0.25) is 0 Å². The van der Waals surface area contributed by atoms with Crippen molar-refractivity contribution in [3.63, 3.8) is 0 Å². The highest BCUT2D eigenvalue weighted by atomic mass is 16.2. The molecule has 0 bridgehead atoms. The number of pyridine rings is 1. The van der Waals surface area contributed by atoms with Gasteiger partial charge in [-0.2, -0.15) is 5.10 Å². The summed E-state index contributed by atoms with van der Waals surface area (Å²) in [5.41, 5.74) is 5.39. The molecule has 3 heterocycles. The molecule has 0 aliphatic carbocycles. The van der Waals surface area contributed by atoms with Crippen LogP contribution in [0.1, 0.15) is 46.3 Å². The zero-order valence-corrected chi connectivity index (χ0v) is 17.0. The maximum Gasteiger partial charge on any atom is 0.276 e. The highest BCUT2D eigenvalue weighted by Crippen LogP contribution is 2.31. The van der Waals surface area contributed by atoms with Crippen molar-refractivity contribution in [1.29, 1.82) is 0 Å². The molecule has 1 saturated heterocycles. The van der Waals surface area contributed by atoms with E-state index in [1.165, 1.54) is 0 Å². The SMILES string of the molecule is Cc1cccc(C(=O)N(C)c2cc3c(C)n(C4CCNCC4)nc3cc2C)n1. The van der Waals surface area contributed by atoms with Gasteiger partial charge in [-0.1, -0.05) is 6.07 Å². The average molecular weight is 377 g/mol. The number of amides is 1. The number of aryl methyl sites for hydroxylation is 3. The third-order valence-corrected chi connectivity index (χ3v) is 5.69. The van der Waals surface area contributed by atoms with Crippen LogP contribution in [-0.2, 0) is 0 Å². The quantitative estimate of drug-likeness (QED) is 0.758. The lowest BCUT2D eigenvalue weighted by Crippen LogP contribution is -2.30. The van der Waals surface area contributed by atoms with Crippen LogP contribution in [-0.4, -0.2) is 40.8 Å². The third kappa shape index (κ3) is 3.29. The summed E-state index contributed by atoms with van der Waals surface area (Å²) in [5.74, 6) is -0.102. The van der Waals surface area contributed by atoms with Gasteiger partial charge in [0.05, 0.1) is 11.6 Å². The number of carbonyl (C=O) groups excluding carboxylic acids is 1. The first kappa shape index (κ1) is 18.6. The second kappa shape index (κ2) is 7.36. The van der Waals surface area contributed by atoms with E-state index in [0.717, 1.165) is 59.5 Å². The highest BCUT2D eigenvalue weighted by molar-refractivity contribution is 6.06. The van der Waals surface area contributed by atoms with E-state index in [0.29, 0.717) is 11.7 Å².